The van der Waals surface area contributed by atoms with Crippen molar-refractivity contribution in [3.63, 3.8) is 0 Å². The lowest BCUT2D eigenvalue weighted by molar-refractivity contribution is 0.0691. The number of carboxylic acid groups (broad SMARTS) is 1. The fourth-order valence-corrected chi connectivity index (χ4v) is 4.19. The van der Waals surface area contributed by atoms with Gasteiger partial charge >= 0.3 is 5.97 Å². The molecule has 0 unspecified atom stereocenters. The third kappa shape index (κ3) is 4.49. The summed E-state index contributed by atoms with van der Waals surface area (Å²) in [6.45, 7) is 0.0806. The highest BCUT2D eigenvalue weighted by atomic mass is 35.5. The van der Waals surface area contributed by atoms with Crippen molar-refractivity contribution in [3.05, 3.63) is 91.9 Å². The summed E-state index contributed by atoms with van der Waals surface area (Å²) >= 11 is 18.5. The third-order valence-corrected chi connectivity index (χ3v) is 5.97. The van der Waals surface area contributed by atoms with Gasteiger partial charge in [0.25, 0.3) is 5.56 Å². The lowest BCUT2D eigenvalue weighted by Crippen LogP contribution is -2.19. The lowest BCUT2D eigenvalue weighted by Gasteiger charge is -2.14. The van der Waals surface area contributed by atoms with Crippen molar-refractivity contribution in [1.82, 2.24) is 24.6 Å². The minimum atomic E-state index is -1.25. The number of pyridine rings is 2. The maximum Gasteiger partial charge on any atom is 0.356 e. The van der Waals surface area contributed by atoms with E-state index in [1.165, 1.54) is 29.1 Å². The molecule has 0 saturated heterocycles. The average molecular weight is 544 g/mol. The minimum absolute atomic E-state index is 0.0452. The number of aromatic nitrogens is 5. The molecule has 4 heterocycles. The largest absolute Gasteiger partial charge is 0.476 e. The number of carbonyl (C=O) groups is 1. The van der Waals surface area contributed by atoms with Crippen molar-refractivity contribution in [3.8, 4) is 22.7 Å². The van der Waals surface area contributed by atoms with E-state index in [2.05, 4.69) is 25.5 Å². The van der Waals surface area contributed by atoms with Gasteiger partial charge in [-0.1, -0.05) is 46.9 Å². The first-order valence-corrected chi connectivity index (χ1v) is 11.4. The number of benzene rings is 1. The maximum absolute atomic E-state index is 13.1. The van der Waals surface area contributed by atoms with E-state index in [1.54, 1.807) is 30.3 Å². The van der Waals surface area contributed by atoms with Crippen LogP contribution >= 0.6 is 34.8 Å². The molecule has 0 aliphatic heterocycles. The van der Waals surface area contributed by atoms with Gasteiger partial charge in [0.15, 0.2) is 5.69 Å². The second-order valence-corrected chi connectivity index (χ2v) is 8.67. The van der Waals surface area contributed by atoms with Crippen molar-refractivity contribution < 1.29 is 14.3 Å². The van der Waals surface area contributed by atoms with Gasteiger partial charge in [-0.15, -0.1) is 10.2 Å². The van der Waals surface area contributed by atoms with Gasteiger partial charge < -0.3 is 14.8 Å². The minimum Gasteiger partial charge on any atom is -0.476 e. The summed E-state index contributed by atoms with van der Waals surface area (Å²) in [7, 11) is 0. The van der Waals surface area contributed by atoms with Crippen molar-refractivity contribution in [2.45, 2.75) is 6.54 Å². The van der Waals surface area contributed by atoms with E-state index in [4.69, 9.17) is 39.2 Å². The van der Waals surface area contributed by atoms with E-state index in [-0.39, 0.29) is 44.5 Å². The highest BCUT2D eigenvalue weighted by molar-refractivity contribution is 6.33. The normalized spacial score (nSPS) is 11.1. The molecule has 4 aromatic heterocycles. The molecule has 180 valence electrons. The number of hydrogen-bond acceptors (Lipinski definition) is 8. The number of rotatable bonds is 6. The second kappa shape index (κ2) is 9.57. The standard InChI is InChI=1S/C23H13Cl3N6O4/c24-14-7-13(8-27-15-5-6-16(25)29-19(15)23(34)35)20-30-18(17(26)22(33)32(20)9-14)11-1-3-12(4-2-11)21-31-28-10-36-21/h1-7,9-10,27H,8H2,(H,34,35). The van der Waals surface area contributed by atoms with Gasteiger partial charge in [-0.05, 0) is 30.3 Å². The Hall–Kier alpha value is -3.99. The molecule has 0 radical (unpaired) electrons. The number of aromatic carboxylic acids is 1. The Morgan fingerprint density at radius 3 is 2.50 bits per heavy atom. The summed E-state index contributed by atoms with van der Waals surface area (Å²) in [5.74, 6) is -0.900. The fourth-order valence-electron chi connectivity index (χ4n) is 3.57. The Bertz CT molecular complexity index is 1670. The third-order valence-electron chi connectivity index (χ3n) is 5.21. The zero-order valence-electron chi connectivity index (χ0n) is 17.9. The Balaban J connectivity index is 1.57. The Morgan fingerprint density at radius 2 is 1.81 bits per heavy atom. The SMILES string of the molecule is O=C(O)c1nc(Cl)ccc1NCc1cc(Cl)cn2c(=O)c(Cl)c(-c3ccc(-c4nnco4)cc3)nc12. The van der Waals surface area contributed by atoms with Gasteiger partial charge in [-0.2, -0.15) is 0 Å². The number of hydrogen-bond donors (Lipinski definition) is 2. The zero-order valence-corrected chi connectivity index (χ0v) is 20.2. The molecule has 0 atom stereocenters. The van der Waals surface area contributed by atoms with Crippen LogP contribution in [0.15, 0.2) is 64.3 Å². The van der Waals surface area contributed by atoms with Crippen LogP contribution in [0.1, 0.15) is 16.1 Å². The van der Waals surface area contributed by atoms with Crippen molar-refractivity contribution in [2.75, 3.05) is 5.32 Å². The van der Waals surface area contributed by atoms with Crippen LogP contribution in [0.3, 0.4) is 0 Å². The predicted molar refractivity (Wildman–Crippen MR) is 134 cm³/mol. The lowest BCUT2D eigenvalue weighted by atomic mass is 10.1. The van der Waals surface area contributed by atoms with Gasteiger partial charge in [-0.3, -0.25) is 9.20 Å². The Morgan fingerprint density at radius 1 is 1.06 bits per heavy atom. The van der Waals surface area contributed by atoms with Gasteiger partial charge in [0, 0.05) is 29.4 Å². The fraction of sp³-hybridized carbons (Fsp3) is 0.0435. The van der Waals surface area contributed by atoms with Crippen LogP contribution in [0.2, 0.25) is 15.2 Å². The average Bonchev–Trinajstić information content (AvgIpc) is 3.41. The first kappa shape index (κ1) is 23.7. The van der Waals surface area contributed by atoms with Crippen molar-refractivity contribution in [1.29, 1.82) is 0 Å². The first-order chi connectivity index (χ1) is 17.3. The number of nitrogens with zero attached hydrogens (tertiary/aromatic N) is 5. The van der Waals surface area contributed by atoms with Crippen LogP contribution in [0.5, 0.6) is 0 Å². The Kier molecular flexibility index (Phi) is 6.31. The molecule has 0 aliphatic carbocycles. The smallest absolute Gasteiger partial charge is 0.356 e. The van der Waals surface area contributed by atoms with E-state index in [9.17, 15) is 14.7 Å². The first-order valence-electron chi connectivity index (χ1n) is 10.2. The van der Waals surface area contributed by atoms with E-state index in [1.807, 2.05) is 0 Å². The molecule has 36 heavy (non-hydrogen) atoms. The highest BCUT2D eigenvalue weighted by Gasteiger charge is 2.18. The van der Waals surface area contributed by atoms with Gasteiger partial charge in [0.1, 0.15) is 15.8 Å². The molecule has 5 aromatic rings. The summed E-state index contributed by atoms with van der Waals surface area (Å²) in [6, 6.07) is 11.5. The van der Waals surface area contributed by atoms with Crippen LogP contribution in [-0.4, -0.2) is 35.6 Å². The molecule has 10 nitrogen and oxygen atoms in total. The molecule has 0 spiro atoms. The van der Waals surface area contributed by atoms with Gasteiger partial charge in [0.05, 0.1) is 16.4 Å². The van der Waals surface area contributed by atoms with Crippen LogP contribution < -0.4 is 10.9 Å². The summed E-state index contributed by atoms with van der Waals surface area (Å²) < 4.78 is 6.45. The second-order valence-electron chi connectivity index (χ2n) is 7.47. The topological polar surface area (TPSA) is 136 Å². The van der Waals surface area contributed by atoms with Crippen LogP contribution in [0.25, 0.3) is 28.4 Å². The van der Waals surface area contributed by atoms with Crippen LogP contribution in [0.4, 0.5) is 5.69 Å². The molecule has 1 aromatic carbocycles. The molecule has 0 saturated carbocycles. The molecule has 5 rings (SSSR count). The van der Waals surface area contributed by atoms with Crippen molar-refractivity contribution in [2.24, 2.45) is 0 Å². The number of anilines is 1. The quantitative estimate of drug-likeness (QED) is 0.281. The number of nitrogens with one attached hydrogen (secondary N) is 1. The molecule has 0 bridgehead atoms. The number of halogens is 3. The Labute approximate surface area is 217 Å². The van der Waals surface area contributed by atoms with Crippen molar-refractivity contribution >= 4 is 52.1 Å². The molecular weight excluding hydrogens is 531 g/mol. The van der Waals surface area contributed by atoms with E-state index in [0.29, 0.717) is 22.6 Å². The summed E-state index contributed by atoms with van der Waals surface area (Å²) in [5.41, 5.74) is 1.83. The van der Waals surface area contributed by atoms with Gasteiger partial charge in [0.2, 0.25) is 12.3 Å². The van der Waals surface area contributed by atoms with Gasteiger partial charge in [-0.25, -0.2) is 14.8 Å². The number of fused-ring (bicyclic) bond motifs is 1. The molecule has 13 heteroatoms. The van der Waals surface area contributed by atoms with Crippen LogP contribution in [-0.2, 0) is 6.54 Å². The maximum atomic E-state index is 13.1. The number of carboxylic acids is 1. The molecule has 2 N–H and O–H groups in total. The summed E-state index contributed by atoms with van der Waals surface area (Å²) in [5, 5.41) is 20.2. The highest BCUT2D eigenvalue weighted by Crippen LogP contribution is 2.28. The predicted octanol–water partition coefficient (Wildman–Crippen LogP) is 5.08. The molecule has 0 amide bonds. The van der Waals surface area contributed by atoms with E-state index >= 15 is 0 Å². The monoisotopic (exact) mass is 542 g/mol. The zero-order chi connectivity index (χ0) is 25.4. The molecule has 0 fully saturated rings. The van der Waals surface area contributed by atoms with Crippen LogP contribution in [0, 0.1) is 0 Å². The molecular formula is C23H13Cl3N6O4. The van der Waals surface area contributed by atoms with E-state index in [0.717, 1.165) is 0 Å². The summed E-state index contributed by atoms with van der Waals surface area (Å²) in [6.07, 6.45) is 2.64. The molecule has 0 aliphatic rings. The van der Waals surface area contributed by atoms with E-state index < -0.39 is 11.5 Å². The summed E-state index contributed by atoms with van der Waals surface area (Å²) in [4.78, 5) is 33.2.